The monoisotopic (exact) mass is 412 g/mol. The lowest BCUT2D eigenvalue weighted by molar-refractivity contribution is -0.174. The van der Waals surface area contributed by atoms with Gasteiger partial charge in [-0.3, -0.25) is 4.79 Å². The Hall–Kier alpha value is -2.03. The molecule has 0 bridgehead atoms. The topological polar surface area (TPSA) is 50.2 Å². The van der Waals surface area contributed by atoms with Gasteiger partial charge in [0.15, 0.2) is 6.04 Å². The fraction of sp³-hybridized carbons (Fsp3) is 0.579. The zero-order valence-electron chi connectivity index (χ0n) is 15.8. The van der Waals surface area contributed by atoms with Gasteiger partial charge in [-0.2, -0.15) is 18.3 Å². The number of rotatable bonds is 2. The van der Waals surface area contributed by atoms with Crippen LogP contribution in [0.25, 0.3) is 0 Å². The molecule has 4 rings (SSSR count). The van der Waals surface area contributed by atoms with Crippen molar-refractivity contribution in [1.82, 2.24) is 14.7 Å². The number of thiophene rings is 1. The van der Waals surface area contributed by atoms with Gasteiger partial charge in [0, 0.05) is 35.5 Å². The molecule has 5 nitrogen and oxygen atoms in total. The van der Waals surface area contributed by atoms with Gasteiger partial charge in [0.2, 0.25) is 0 Å². The van der Waals surface area contributed by atoms with Gasteiger partial charge >= 0.3 is 6.18 Å². The Labute approximate surface area is 165 Å². The highest BCUT2D eigenvalue weighted by Crippen LogP contribution is 2.42. The molecule has 0 aliphatic carbocycles. The number of hydrogen-bond acceptors (Lipinski definition) is 4. The number of likely N-dealkylation sites (tertiary alicyclic amines) is 1. The molecular weight excluding hydrogens is 389 g/mol. The smallest absolute Gasteiger partial charge is 0.367 e. The van der Waals surface area contributed by atoms with Crippen molar-refractivity contribution in [3.05, 3.63) is 33.6 Å². The summed E-state index contributed by atoms with van der Waals surface area (Å²) in [6, 6.07) is 1.56. The number of anilines is 1. The fourth-order valence-corrected chi connectivity index (χ4v) is 4.97. The van der Waals surface area contributed by atoms with E-state index in [0.29, 0.717) is 30.2 Å². The Bertz CT molecular complexity index is 875. The molecule has 0 saturated carbocycles. The molecular formula is C19H23F3N4OS. The molecule has 1 N–H and O–H groups in total. The molecule has 3 atom stereocenters. The number of fused-ring (bicyclic) bond motifs is 1. The minimum absolute atomic E-state index is 0.0220. The number of piperidine rings is 1. The van der Waals surface area contributed by atoms with E-state index < -0.39 is 12.2 Å². The second-order valence-corrected chi connectivity index (χ2v) is 8.87. The third-order valence-electron chi connectivity index (χ3n) is 5.63. The minimum Gasteiger partial charge on any atom is -0.367 e. The van der Waals surface area contributed by atoms with E-state index in [1.165, 1.54) is 11.3 Å². The summed E-state index contributed by atoms with van der Waals surface area (Å²) in [5.41, 5.74) is 1.23. The zero-order chi connectivity index (χ0) is 20.1. The van der Waals surface area contributed by atoms with E-state index in [9.17, 15) is 18.0 Å². The van der Waals surface area contributed by atoms with Crippen LogP contribution in [0.5, 0.6) is 0 Å². The molecule has 1 unspecified atom stereocenters. The molecule has 1 saturated heterocycles. The number of carbonyl (C=O) groups is 1. The lowest BCUT2D eigenvalue weighted by atomic mass is 9.85. The molecule has 9 heteroatoms. The Morgan fingerprint density at radius 2 is 2.11 bits per heavy atom. The first-order chi connectivity index (χ1) is 13.2. The molecule has 2 aliphatic rings. The normalized spacial score (nSPS) is 25.3. The Morgan fingerprint density at radius 1 is 1.32 bits per heavy atom. The average molecular weight is 412 g/mol. The number of halogens is 3. The maximum Gasteiger partial charge on any atom is 0.410 e. The van der Waals surface area contributed by atoms with E-state index in [1.807, 2.05) is 18.4 Å². The van der Waals surface area contributed by atoms with Crippen molar-refractivity contribution in [3.63, 3.8) is 0 Å². The highest BCUT2D eigenvalue weighted by atomic mass is 32.1. The van der Waals surface area contributed by atoms with Gasteiger partial charge in [0.1, 0.15) is 5.82 Å². The standard InChI is InChI=1S/C19H23F3N4OS/c1-11-6-17-23-15(8-16(19(20,21)22)26(17)24-11)13-4-3-5-25(9-13)18(27)14-7-12(2)28-10-14/h6-7,10,13,15-16,23H,3-5,8-9H2,1-2H3/t13?,15-,16+/m0/s1. The number of amides is 1. The summed E-state index contributed by atoms with van der Waals surface area (Å²) in [6.45, 7) is 4.77. The van der Waals surface area contributed by atoms with Gasteiger partial charge in [-0.1, -0.05) is 0 Å². The van der Waals surface area contributed by atoms with E-state index in [1.54, 1.807) is 17.9 Å². The summed E-state index contributed by atoms with van der Waals surface area (Å²) < 4.78 is 42.0. The molecule has 1 fully saturated rings. The molecule has 0 spiro atoms. The molecule has 0 aromatic carbocycles. The quantitative estimate of drug-likeness (QED) is 0.795. The van der Waals surface area contributed by atoms with Crippen molar-refractivity contribution < 1.29 is 18.0 Å². The molecule has 1 amide bonds. The second-order valence-electron chi connectivity index (χ2n) is 7.76. The van der Waals surface area contributed by atoms with Gasteiger partial charge < -0.3 is 10.2 Å². The third-order valence-corrected chi connectivity index (χ3v) is 6.49. The largest absolute Gasteiger partial charge is 0.410 e. The van der Waals surface area contributed by atoms with E-state index >= 15 is 0 Å². The van der Waals surface area contributed by atoms with Gasteiger partial charge in [-0.05, 0) is 45.1 Å². The summed E-state index contributed by atoms with van der Waals surface area (Å²) in [4.78, 5) is 15.6. The fourth-order valence-electron chi connectivity index (χ4n) is 4.29. The van der Waals surface area contributed by atoms with Crippen LogP contribution in [0.3, 0.4) is 0 Å². The van der Waals surface area contributed by atoms with Crippen LogP contribution in [0.1, 0.15) is 46.2 Å². The first-order valence-electron chi connectivity index (χ1n) is 9.46. The number of nitrogens with zero attached hydrogens (tertiary/aromatic N) is 3. The molecule has 2 aromatic heterocycles. The Morgan fingerprint density at radius 3 is 2.79 bits per heavy atom. The van der Waals surface area contributed by atoms with Crippen molar-refractivity contribution >= 4 is 23.1 Å². The average Bonchev–Trinajstić information content (AvgIpc) is 3.24. The first kappa shape index (κ1) is 19.3. The maximum atomic E-state index is 13.6. The summed E-state index contributed by atoms with van der Waals surface area (Å²) in [6.07, 6.45) is -2.82. The maximum absolute atomic E-state index is 13.6. The van der Waals surface area contributed by atoms with Crippen LogP contribution >= 0.6 is 11.3 Å². The summed E-state index contributed by atoms with van der Waals surface area (Å²) in [5.74, 6) is 0.359. The number of nitrogens with one attached hydrogen (secondary N) is 1. The number of aromatic nitrogens is 2. The predicted octanol–water partition coefficient (Wildman–Crippen LogP) is 4.40. The van der Waals surface area contributed by atoms with E-state index in [4.69, 9.17) is 0 Å². The highest BCUT2D eigenvalue weighted by molar-refractivity contribution is 7.10. The number of aryl methyl sites for hydroxylation is 2. The summed E-state index contributed by atoms with van der Waals surface area (Å²) >= 11 is 1.53. The van der Waals surface area contributed by atoms with E-state index in [-0.39, 0.29) is 24.3 Å². The second kappa shape index (κ2) is 7.09. The number of carbonyl (C=O) groups excluding carboxylic acids is 1. The summed E-state index contributed by atoms with van der Waals surface area (Å²) in [5, 5.41) is 9.14. The van der Waals surface area contributed by atoms with Crippen LogP contribution in [-0.4, -0.2) is 45.9 Å². The van der Waals surface area contributed by atoms with Crippen LogP contribution in [-0.2, 0) is 0 Å². The van der Waals surface area contributed by atoms with Crippen molar-refractivity contribution in [1.29, 1.82) is 0 Å². The van der Waals surface area contributed by atoms with Crippen molar-refractivity contribution in [2.75, 3.05) is 18.4 Å². The number of alkyl halides is 3. The number of hydrogen-bond donors (Lipinski definition) is 1. The molecule has 152 valence electrons. The molecule has 2 aromatic rings. The van der Waals surface area contributed by atoms with Crippen LogP contribution in [0, 0.1) is 19.8 Å². The lowest BCUT2D eigenvalue weighted by Gasteiger charge is -2.41. The SMILES string of the molecule is Cc1cc2n(n1)[C@@H](C(F)(F)F)C[C@@H](C1CCCN(C(=O)c3csc(C)c3)C1)N2. The van der Waals surface area contributed by atoms with Crippen molar-refractivity contribution in [3.8, 4) is 0 Å². The summed E-state index contributed by atoms with van der Waals surface area (Å²) in [7, 11) is 0. The molecule has 0 radical (unpaired) electrons. The van der Waals surface area contributed by atoms with Gasteiger partial charge in [0.05, 0.1) is 11.3 Å². The Balaban J connectivity index is 1.53. The predicted molar refractivity (Wildman–Crippen MR) is 102 cm³/mol. The van der Waals surface area contributed by atoms with Crippen LogP contribution in [0.2, 0.25) is 0 Å². The van der Waals surface area contributed by atoms with Crippen LogP contribution < -0.4 is 5.32 Å². The van der Waals surface area contributed by atoms with E-state index in [2.05, 4.69) is 10.4 Å². The van der Waals surface area contributed by atoms with Gasteiger partial charge in [-0.25, -0.2) is 4.68 Å². The lowest BCUT2D eigenvalue weighted by Crippen LogP contribution is -2.49. The van der Waals surface area contributed by atoms with Gasteiger partial charge in [0.25, 0.3) is 5.91 Å². The van der Waals surface area contributed by atoms with Crippen molar-refractivity contribution in [2.24, 2.45) is 5.92 Å². The van der Waals surface area contributed by atoms with Crippen LogP contribution in [0.15, 0.2) is 17.5 Å². The van der Waals surface area contributed by atoms with Crippen molar-refractivity contribution in [2.45, 2.75) is 51.4 Å². The molecule has 2 aliphatic heterocycles. The minimum atomic E-state index is -4.36. The van der Waals surface area contributed by atoms with Gasteiger partial charge in [-0.15, -0.1) is 11.3 Å². The van der Waals surface area contributed by atoms with E-state index in [0.717, 1.165) is 22.4 Å². The molecule has 28 heavy (non-hydrogen) atoms. The Kier molecular flexibility index (Phi) is 4.89. The molecule has 4 heterocycles. The zero-order valence-corrected chi connectivity index (χ0v) is 16.6. The third kappa shape index (κ3) is 3.64. The van der Waals surface area contributed by atoms with Crippen LogP contribution in [0.4, 0.5) is 19.0 Å². The first-order valence-corrected chi connectivity index (χ1v) is 10.3. The highest BCUT2D eigenvalue weighted by Gasteiger charge is 2.47.